The van der Waals surface area contributed by atoms with Crippen molar-refractivity contribution in [2.24, 2.45) is 0 Å². The highest BCUT2D eigenvalue weighted by atomic mass is 79.9. The van der Waals surface area contributed by atoms with Gasteiger partial charge in [0.2, 0.25) is 0 Å². The third kappa shape index (κ3) is 2.58. The van der Waals surface area contributed by atoms with Gasteiger partial charge in [0, 0.05) is 27.6 Å². The zero-order valence-corrected chi connectivity index (χ0v) is 13.8. The zero-order chi connectivity index (χ0) is 13.4. The molecule has 0 spiro atoms. The second-order valence-electron chi connectivity index (χ2n) is 4.85. The quantitative estimate of drug-likeness (QED) is 0.540. The molecule has 2 aliphatic rings. The van der Waals surface area contributed by atoms with Gasteiger partial charge >= 0.3 is 0 Å². The lowest BCUT2D eigenvalue weighted by Crippen LogP contribution is -2.00. The Balaban J connectivity index is 2.10. The maximum atomic E-state index is 6.24. The molecule has 0 saturated carbocycles. The van der Waals surface area contributed by atoms with Crippen LogP contribution in [0.2, 0.25) is 0 Å². The minimum absolute atomic E-state index is 0.421. The van der Waals surface area contributed by atoms with Gasteiger partial charge in [0.05, 0.1) is 0 Å². The molecule has 1 unspecified atom stereocenters. The number of thioether (sulfide) groups is 1. The number of rotatable bonds is 0. The number of allylic oxidation sites excluding steroid dienone is 6. The number of fused-ring (bicyclic) bond motifs is 1. The van der Waals surface area contributed by atoms with Crippen LogP contribution in [-0.2, 0) is 5.75 Å². The van der Waals surface area contributed by atoms with Crippen LogP contribution in [0.5, 0.6) is 0 Å². The molecule has 0 radical (unpaired) electrons. The maximum Gasteiger partial charge on any atom is 0.0243 e. The Labute approximate surface area is 131 Å². The van der Waals surface area contributed by atoms with Crippen LogP contribution < -0.4 is 0 Å². The third-order valence-corrected chi connectivity index (χ3v) is 5.85. The molecule has 0 nitrogen and oxygen atoms in total. The summed E-state index contributed by atoms with van der Waals surface area (Å²) in [6.07, 6.45) is 7.17. The molecule has 0 aromatic heterocycles. The summed E-state index contributed by atoms with van der Waals surface area (Å²) in [5.41, 5.74) is 4.25. The molecule has 1 aromatic carbocycles. The molecule has 0 N–H and O–H groups in total. The van der Waals surface area contributed by atoms with Crippen LogP contribution in [0.25, 0.3) is 0 Å². The van der Waals surface area contributed by atoms with Crippen molar-refractivity contribution in [3.05, 3.63) is 67.5 Å². The third-order valence-electron chi connectivity index (χ3n) is 3.68. The van der Waals surface area contributed by atoms with E-state index in [1.54, 1.807) is 0 Å². The van der Waals surface area contributed by atoms with Gasteiger partial charge in [-0.05, 0) is 33.7 Å². The summed E-state index contributed by atoms with van der Waals surface area (Å²) in [5, 5.41) is 0.922. The molecule has 3 heteroatoms. The number of hydrogen-bond acceptors (Lipinski definition) is 1. The van der Waals surface area contributed by atoms with E-state index in [4.69, 9.17) is 11.6 Å². The van der Waals surface area contributed by atoms with Crippen molar-refractivity contribution in [3.63, 3.8) is 0 Å². The molecule has 1 aromatic rings. The van der Waals surface area contributed by atoms with Crippen LogP contribution in [0, 0.1) is 0 Å². The fourth-order valence-corrected chi connectivity index (χ4v) is 4.95. The highest BCUT2D eigenvalue weighted by Gasteiger charge is 2.23. The van der Waals surface area contributed by atoms with Gasteiger partial charge in [-0.2, -0.15) is 0 Å². The lowest BCUT2D eigenvalue weighted by Gasteiger charge is -2.16. The summed E-state index contributed by atoms with van der Waals surface area (Å²) in [4.78, 5) is 1.41. The smallest absolute Gasteiger partial charge is 0.0243 e. The Bertz CT molecular complexity index is 613. The van der Waals surface area contributed by atoms with Crippen molar-refractivity contribution in [1.82, 2.24) is 0 Å². The molecule has 1 aliphatic carbocycles. The van der Waals surface area contributed by atoms with Gasteiger partial charge < -0.3 is 0 Å². The number of benzene rings is 1. The van der Waals surface area contributed by atoms with Crippen LogP contribution in [0.3, 0.4) is 0 Å². The standard InChI is InChI=1S/C16H14BrClS/c1-10-12-5-3-7-15(17)14(12)9-19-16-8-11(18)4-2-6-13(10)16/h2-7,10H,8-9H2,1H3. The van der Waals surface area contributed by atoms with E-state index < -0.39 is 0 Å². The zero-order valence-electron chi connectivity index (χ0n) is 10.6. The average Bonchev–Trinajstić information content (AvgIpc) is 2.64. The minimum Gasteiger partial charge on any atom is -0.125 e. The van der Waals surface area contributed by atoms with Gasteiger partial charge in [0.15, 0.2) is 0 Å². The Kier molecular flexibility index (Phi) is 3.93. The van der Waals surface area contributed by atoms with Gasteiger partial charge in [-0.25, -0.2) is 0 Å². The summed E-state index contributed by atoms with van der Waals surface area (Å²) < 4.78 is 1.22. The summed E-state index contributed by atoms with van der Waals surface area (Å²) in [6, 6.07) is 6.50. The van der Waals surface area contributed by atoms with Gasteiger partial charge in [0.25, 0.3) is 0 Å². The SMILES string of the molecule is CC1C2=C(CC(Cl)=CC=C2)SCc2c(Br)cccc21. The average molecular weight is 354 g/mol. The second-order valence-corrected chi connectivity index (χ2v) is 7.26. The molecule has 1 aliphatic heterocycles. The molecular formula is C16H14BrClS. The van der Waals surface area contributed by atoms with Crippen LogP contribution in [0.4, 0.5) is 0 Å². The molecule has 19 heavy (non-hydrogen) atoms. The first-order valence-electron chi connectivity index (χ1n) is 6.32. The van der Waals surface area contributed by atoms with E-state index in [9.17, 15) is 0 Å². The van der Waals surface area contributed by atoms with Crippen LogP contribution in [0.15, 0.2) is 56.4 Å². The van der Waals surface area contributed by atoms with Crippen molar-refractivity contribution in [1.29, 1.82) is 0 Å². The van der Waals surface area contributed by atoms with E-state index in [1.807, 2.05) is 17.8 Å². The molecule has 98 valence electrons. The van der Waals surface area contributed by atoms with Crippen molar-refractivity contribution < 1.29 is 0 Å². The first kappa shape index (κ1) is 13.5. The first-order valence-corrected chi connectivity index (χ1v) is 8.48. The predicted octanol–water partition coefficient (Wildman–Crippen LogP) is 6.14. The Hall–Kier alpha value is -0.440. The topological polar surface area (TPSA) is 0 Å². The monoisotopic (exact) mass is 352 g/mol. The highest BCUT2D eigenvalue weighted by molar-refractivity contribution is 9.10. The molecular weight excluding hydrogens is 340 g/mol. The van der Waals surface area contributed by atoms with E-state index in [0.29, 0.717) is 5.92 Å². The minimum atomic E-state index is 0.421. The fourth-order valence-electron chi connectivity index (χ4n) is 2.64. The van der Waals surface area contributed by atoms with Gasteiger partial charge in [-0.3, -0.25) is 0 Å². The molecule has 0 fully saturated rings. The summed E-state index contributed by atoms with van der Waals surface area (Å²) >= 11 is 11.8. The normalized spacial score (nSPS) is 22.3. The summed E-state index contributed by atoms with van der Waals surface area (Å²) in [7, 11) is 0. The van der Waals surface area contributed by atoms with E-state index in [2.05, 4.69) is 53.2 Å². The highest BCUT2D eigenvalue weighted by Crippen LogP contribution is 2.45. The number of hydrogen-bond donors (Lipinski definition) is 0. The van der Waals surface area contributed by atoms with E-state index in [0.717, 1.165) is 17.2 Å². The van der Waals surface area contributed by atoms with Crippen molar-refractivity contribution in [3.8, 4) is 0 Å². The number of halogens is 2. The van der Waals surface area contributed by atoms with Crippen molar-refractivity contribution in [2.45, 2.75) is 25.0 Å². The molecule has 1 atom stereocenters. The van der Waals surface area contributed by atoms with Crippen LogP contribution >= 0.6 is 39.3 Å². The Morgan fingerprint density at radius 3 is 3.05 bits per heavy atom. The summed E-state index contributed by atoms with van der Waals surface area (Å²) in [5.74, 6) is 1.43. The Morgan fingerprint density at radius 1 is 1.37 bits per heavy atom. The first-order chi connectivity index (χ1) is 9.16. The van der Waals surface area contributed by atoms with Gasteiger partial charge in [-0.1, -0.05) is 58.7 Å². The predicted molar refractivity (Wildman–Crippen MR) is 88.6 cm³/mol. The fraction of sp³-hybridized carbons (Fsp3) is 0.250. The maximum absolute atomic E-state index is 6.24. The summed E-state index contributed by atoms with van der Waals surface area (Å²) in [6.45, 7) is 2.29. The molecule has 0 saturated heterocycles. The molecule has 0 amide bonds. The van der Waals surface area contributed by atoms with Crippen molar-refractivity contribution >= 4 is 39.3 Å². The lowest BCUT2D eigenvalue weighted by molar-refractivity contribution is 0.902. The van der Waals surface area contributed by atoms with Gasteiger partial charge in [0.1, 0.15) is 0 Å². The molecule has 1 heterocycles. The van der Waals surface area contributed by atoms with E-state index in [1.165, 1.54) is 26.1 Å². The van der Waals surface area contributed by atoms with Crippen LogP contribution in [-0.4, -0.2) is 0 Å². The van der Waals surface area contributed by atoms with Crippen LogP contribution in [0.1, 0.15) is 30.4 Å². The van der Waals surface area contributed by atoms with Gasteiger partial charge in [-0.15, -0.1) is 11.8 Å². The largest absolute Gasteiger partial charge is 0.125 e. The van der Waals surface area contributed by atoms with E-state index in [-0.39, 0.29) is 0 Å². The van der Waals surface area contributed by atoms with Crippen molar-refractivity contribution in [2.75, 3.05) is 0 Å². The molecule has 0 bridgehead atoms. The molecule has 3 rings (SSSR count). The second kappa shape index (κ2) is 5.51. The van der Waals surface area contributed by atoms with E-state index >= 15 is 0 Å². The Morgan fingerprint density at radius 2 is 2.21 bits per heavy atom. The lowest BCUT2D eigenvalue weighted by atomic mass is 9.89.